The first-order chi connectivity index (χ1) is 14.0. The Kier molecular flexibility index (Phi) is 5.92. The Morgan fingerprint density at radius 3 is 2.73 bits per heavy atom. The number of nitrogens with one attached hydrogen (secondary N) is 2. The van der Waals surface area contributed by atoms with E-state index in [1.54, 1.807) is 12.1 Å². The first kappa shape index (κ1) is 21.9. The molecule has 2 N–H and O–H groups in total. The van der Waals surface area contributed by atoms with Gasteiger partial charge < -0.3 is 19.8 Å². The number of hydrogen-bond donors (Lipinski definition) is 2. The highest BCUT2D eigenvalue weighted by Crippen LogP contribution is 2.46. The van der Waals surface area contributed by atoms with Gasteiger partial charge in [0.25, 0.3) is 11.8 Å². The number of urea groups is 1. The van der Waals surface area contributed by atoms with Gasteiger partial charge in [0, 0.05) is 0 Å². The fourth-order valence-electron chi connectivity index (χ4n) is 4.80. The SMILES string of the molecule is C[C@@H]1CC(C)(C)C[C@@]2(C1)NC(=O)N(CC(=O)O[C@@H](C)C(=O)NCc1ccco1)C2=O. The fourth-order valence-corrected chi connectivity index (χ4v) is 4.80. The lowest BCUT2D eigenvalue weighted by molar-refractivity contribution is -0.157. The summed E-state index contributed by atoms with van der Waals surface area (Å²) in [5.41, 5.74) is -1.08. The molecule has 1 aliphatic heterocycles. The minimum atomic E-state index is -1.07. The van der Waals surface area contributed by atoms with E-state index in [0.29, 0.717) is 18.6 Å². The minimum absolute atomic E-state index is 0.0995. The number of carbonyl (C=O) groups excluding carboxylic acids is 4. The van der Waals surface area contributed by atoms with Crippen molar-refractivity contribution in [3.63, 3.8) is 0 Å². The average molecular weight is 419 g/mol. The highest BCUT2D eigenvalue weighted by atomic mass is 16.5. The summed E-state index contributed by atoms with van der Waals surface area (Å²) in [4.78, 5) is 50.8. The van der Waals surface area contributed by atoms with Crippen LogP contribution in [0, 0.1) is 11.3 Å². The van der Waals surface area contributed by atoms with E-state index in [9.17, 15) is 19.2 Å². The van der Waals surface area contributed by atoms with Crippen molar-refractivity contribution in [1.82, 2.24) is 15.5 Å². The molecule has 9 nitrogen and oxygen atoms in total. The molecule has 9 heteroatoms. The van der Waals surface area contributed by atoms with Gasteiger partial charge in [0.15, 0.2) is 6.10 Å². The van der Waals surface area contributed by atoms with E-state index < -0.39 is 42.0 Å². The number of carbonyl (C=O) groups is 4. The first-order valence-electron chi connectivity index (χ1n) is 10.1. The molecule has 0 bridgehead atoms. The molecule has 1 aromatic heterocycles. The van der Waals surface area contributed by atoms with Crippen molar-refractivity contribution in [2.24, 2.45) is 11.3 Å². The second-order valence-electron chi connectivity index (χ2n) is 9.19. The number of rotatable bonds is 6. The highest BCUT2D eigenvalue weighted by Gasteiger charge is 2.56. The fraction of sp³-hybridized carbons (Fsp3) is 0.619. The molecule has 0 unspecified atom stereocenters. The smallest absolute Gasteiger partial charge is 0.327 e. The quantitative estimate of drug-likeness (QED) is 0.538. The van der Waals surface area contributed by atoms with Crippen LogP contribution in [0.5, 0.6) is 0 Å². The lowest BCUT2D eigenvalue weighted by Crippen LogP contribution is -2.54. The maximum Gasteiger partial charge on any atom is 0.327 e. The molecular weight excluding hydrogens is 390 g/mol. The van der Waals surface area contributed by atoms with Crippen molar-refractivity contribution in [2.75, 3.05) is 6.54 Å². The standard InChI is InChI=1S/C21H29N3O6/c1-13-8-20(3,4)12-21(9-13)18(27)24(19(28)23-21)11-16(25)30-14(2)17(26)22-10-15-6-5-7-29-15/h5-7,13-14H,8-12H2,1-4H3,(H,22,26)(H,23,28)/t13-,14+,21-/m1/s1. The highest BCUT2D eigenvalue weighted by molar-refractivity contribution is 6.08. The summed E-state index contributed by atoms with van der Waals surface area (Å²) < 4.78 is 10.2. The Labute approximate surface area is 175 Å². The second kappa shape index (κ2) is 8.12. The van der Waals surface area contributed by atoms with Gasteiger partial charge in [-0.15, -0.1) is 0 Å². The van der Waals surface area contributed by atoms with Gasteiger partial charge >= 0.3 is 12.0 Å². The molecule has 1 spiro atoms. The Hall–Kier alpha value is -2.84. The maximum atomic E-state index is 13.1. The molecule has 3 atom stereocenters. The summed E-state index contributed by atoms with van der Waals surface area (Å²) in [6, 6.07) is 2.80. The molecular formula is C21H29N3O6. The molecule has 4 amide bonds. The van der Waals surface area contributed by atoms with Gasteiger partial charge in [-0.25, -0.2) is 4.79 Å². The van der Waals surface area contributed by atoms with E-state index in [0.717, 1.165) is 11.3 Å². The third-order valence-corrected chi connectivity index (χ3v) is 5.61. The number of furan rings is 1. The summed E-state index contributed by atoms with van der Waals surface area (Å²) in [5, 5.41) is 5.40. The molecule has 3 rings (SSSR count). The molecule has 2 fully saturated rings. The van der Waals surface area contributed by atoms with Crippen LogP contribution >= 0.6 is 0 Å². The predicted octanol–water partition coefficient (Wildman–Crippen LogP) is 1.96. The van der Waals surface area contributed by atoms with Crippen LogP contribution < -0.4 is 10.6 Å². The van der Waals surface area contributed by atoms with Crippen molar-refractivity contribution >= 4 is 23.8 Å². The van der Waals surface area contributed by atoms with Crippen molar-refractivity contribution in [3.05, 3.63) is 24.2 Å². The zero-order valence-electron chi connectivity index (χ0n) is 17.8. The van der Waals surface area contributed by atoms with E-state index in [2.05, 4.69) is 31.4 Å². The molecule has 30 heavy (non-hydrogen) atoms. The average Bonchev–Trinajstić information content (AvgIpc) is 3.21. The second-order valence-corrected chi connectivity index (χ2v) is 9.19. The van der Waals surface area contributed by atoms with Gasteiger partial charge in [0.1, 0.15) is 17.8 Å². The third-order valence-electron chi connectivity index (χ3n) is 5.61. The van der Waals surface area contributed by atoms with Crippen LogP contribution in [-0.4, -0.2) is 46.9 Å². The van der Waals surface area contributed by atoms with Crippen molar-refractivity contribution in [1.29, 1.82) is 0 Å². The lowest BCUT2D eigenvalue weighted by atomic mass is 9.64. The van der Waals surface area contributed by atoms with Crippen molar-refractivity contribution in [2.45, 2.75) is 65.1 Å². The van der Waals surface area contributed by atoms with Gasteiger partial charge in [-0.2, -0.15) is 0 Å². The third kappa shape index (κ3) is 4.66. The van der Waals surface area contributed by atoms with Crippen LogP contribution in [-0.2, 0) is 25.7 Å². The Morgan fingerprint density at radius 1 is 1.37 bits per heavy atom. The molecule has 0 aromatic carbocycles. The van der Waals surface area contributed by atoms with E-state index in [4.69, 9.17) is 9.15 Å². The lowest BCUT2D eigenvalue weighted by Gasteiger charge is -2.43. The first-order valence-corrected chi connectivity index (χ1v) is 10.1. The monoisotopic (exact) mass is 419 g/mol. The zero-order valence-corrected chi connectivity index (χ0v) is 17.8. The van der Waals surface area contributed by atoms with E-state index >= 15 is 0 Å². The van der Waals surface area contributed by atoms with Crippen LogP contribution in [0.2, 0.25) is 0 Å². The van der Waals surface area contributed by atoms with Crippen LogP contribution in [0.4, 0.5) is 4.79 Å². The number of imide groups is 1. The molecule has 1 saturated carbocycles. The summed E-state index contributed by atoms with van der Waals surface area (Å²) in [7, 11) is 0. The number of amides is 4. The van der Waals surface area contributed by atoms with Gasteiger partial charge in [-0.1, -0.05) is 20.8 Å². The topological polar surface area (TPSA) is 118 Å². The minimum Gasteiger partial charge on any atom is -0.467 e. The number of nitrogens with zero attached hydrogens (tertiary/aromatic N) is 1. The van der Waals surface area contributed by atoms with Crippen LogP contribution in [0.1, 0.15) is 52.7 Å². The van der Waals surface area contributed by atoms with Gasteiger partial charge in [-0.05, 0) is 49.7 Å². The van der Waals surface area contributed by atoms with Gasteiger partial charge in [0.2, 0.25) is 0 Å². The Balaban J connectivity index is 1.56. The molecule has 1 saturated heterocycles. The van der Waals surface area contributed by atoms with Gasteiger partial charge in [0.05, 0.1) is 12.8 Å². The normalized spacial score (nSPS) is 26.4. The summed E-state index contributed by atoms with van der Waals surface area (Å²) in [6.45, 7) is 7.26. The summed E-state index contributed by atoms with van der Waals surface area (Å²) in [6.07, 6.45) is 2.44. The molecule has 2 aliphatic rings. The summed E-state index contributed by atoms with van der Waals surface area (Å²) in [5.74, 6) is -0.895. The molecule has 0 radical (unpaired) electrons. The van der Waals surface area contributed by atoms with E-state index in [-0.39, 0.29) is 17.9 Å². The van der Waals surface area contributed by atoms with E-state index in [1.165, 1.54) is 13.2 Å². The van der Waals surface area contributed by atoms with Gasteiger partial charge in [-0.3, -0.25) is 19.3 Å². The van der Waals surface area contributed by atoms with E-state index in [1.807, 2.05) is 0 Å². The zero-order chi connectivity index (χ0) is 22.1. The Bertz CT molecular complexity index is 834. The van der Waals surface area contributed by atoms with Crippen molar-refractivity contribution in [3.8, 4) is 0 Å². The van der Waals surface area contributed by atoms with Crippen LogP contribution in [0.3, 0.4) is 0 Å². The predicted molar refractivity (Wildman–Crippen MR) is 106 cm³/mol. The van der Waals surface area contributed by atoms with Crippen LogP contribution in [0.15, 0.2) is 22.8 Å². The molecule has 1 aromatic rings. The van der Waals surface area contributed by atoms with Crippen molar-refractivity contribution < 1.29 is 28.3 Å². The number of hydrogen-bond acceptors (Lipinski definition) is 6. The van der Waals surface area contributed by atoms with Crippen LogP contribution in [0.25, 0.3) is 0 Å². The largest absolute Gasteiger partial charge is 0.467 e. The molecule has 164 valence electrons. The molecule has 1 aliphatic carbocycles. The number of ether oxygens (including phenoxy) is 1. The summed E-state index contributed by atoms with van der Waals surface area (Å²) >= 11 is 0. The Morgan fingerprint density at radius 2 is 2.10 bits per heavy atom. The number of esters is 1. The molecule has 2 heterocycles. The maximum absolute atomic E-state index is 13.1.